The number of benzene rings is 1. The van der Waals surface area contributed by atoms with Crippen LogP contribution in [0.25, 0.3) is 0 Å². The van der Waals surface area contributed by atoms with Crippen LogP contribution in [0.15, 0.2) is 36.7 Å². The lowest BCUT2D eigenvalue weighted by Crippen LogP contribution is -2.26. The van der Waals surface area contributed by atoms with Gasteiger partial charge in [-0.2, -0.15) is 0 Å². The first-order chi connectivity index (χ1) is 10.7. The van der Waals surface area contributed by atoms with Crippen LogP contribution >= 0.6 is 0 Å². The summed E-state index contributed by atoms with van der Waals surface area (Å²) in [5, 5.41) is 8.89. The van der Waals surface area contributed by atoms with Crippen molar-refractivity contribution >= 4 is 11.8 Å². The number of methoxy groups -OCH3 is 1. The minimum atomic E-state index is -1.06. The van der Waals surface area contributed by atoms with Crippen LogP contribution < -0.4 is 9.64 Å². The van der Waals surface area contributed by atoms with E-state index in [-0.39, 0.29) is 5.69 Å². The highest BCUT2D eigenvalue weighted by atomic mass is 16.5. The minimum absolute atomic E-state index is 0.0380. The lowest BCUT2D eigenvalue weighted by atomic mass is 10.2. The Morgan fingerprint density at radius 3 is 2.50 bits per heavy atom. The van der Waals surface area contributed by atoms with Gasteiger partial charge in [-0.3, -0.25) is 0 Å². The normalized spacial score (nSPS) is 13.7. The zero-order valence-corrected chi connectivity index (χ0v) is 12.3. The predicted octanol–water partition coefficient (Wildman–Crippen LogP) is 2.35. The Morgan fingerprint density at radius 1 is 1.27 bits per heavy atom. The van der Waals surface area contributed by atoms with Crippen molar-refractivity contribution in [3.63, 3.8) is 0 Å². The van der Waals surface area contributed by atoms with Gasteiger partial charge >= 0.3 is 5.97 Å². The van der Waals surface area contributed by atoms with Crippen LogP contribution in [0.2, 0.25) is 0 Å². The molecule has 1 aromatic carbocycles. The molecule has 2 aromatic rings. The van der Waals surface area contributed by atoms with Gasteiger partial charge in [0.05, 0.1) is 19.5 Å². The van der Waals surface area contributed by atoms with Gasteiger partial charge in [0, 0.05) is 12.6 Å². The Balaban J connectivity index is 1.78. The van der Waals surface area contributed by atoms with E-state index in [4.69, 9.17) is 9.84 Å². The van der Waals surface area contributed by atoms with E-state index in [0.717, 1.165) is 30.7 Å². The van der Waals surface area contributed by atoms with Gasteiger partial charge in [0.1, 0.15) is 11.6 Å². The summed E-state index contributed by atoms with van der Waals surface area (Å²) in [7, 11) is 1.64. The Hall–Kier alpha value is -2.63. The molecule has 114 valence electrons. The topological polar surface area (TPSA) is 75.5 Å². The smallest absolute Gasteiger partial charge is 0.356 e. The maximum Gasteiger partial charge on any atom is 0.356 e. The van der Waals surface area contributed by atoms with E-state index in [1.165, 1.54) is 12.4 Å². The summed E-state index contributed by atoms with van der Waals surface area (Å²) in [6.07, 6.45) is 5.09. The van der Waals surface area contributed by atoms with E-state index in [1.54, 1.807) is 7.11 Å². The molecule has 1 N–H and O–H groups in total. The largest absolute Gasteiger partial charge is 0.497 e. The number of carbonyl (C=O) groups is 1. The van der Waals surface area contributed by atoms with Gasteiger partial charge in [-0.15, -0.1) is 0 Å². The van der Waals surface area contributed by atoms with Crippen LogP contribution in [0.1, 0.15) is 28.9 Å². The summed E-state index contributed by atoms with van der Waals surface area (Å²) in [4.78, 5) is 21.2. The molecule has 1 aliphatic rings. The van der Waals surface area contributed by atoms with E-state index in [2.05, 4.69) is 14.9 Å². The maximum atomic E-state index is 10.9. The number of hydrogen-bond donors (Lipinski definition) is 1. The van der Waals surface area contributed by atoms with Crippen LogP contribution in [-0.2, 0) is 6.54 Å². The molecule has 0 saturated heterocycles. The second-order valence-electron chi connectivity index (χ2n) is 5.27. The number of ether oxygens (including phenoxy) is 1. The first-order valence-electron chi connectivity index (χ1n) is 7.12. The molecule has 6 nitrogen and oxygen atoms in total. The minimum Gasteiger partial charge on any atom is -0.497 e. The van der Waals surface area contributed by atoms with E-state index in [9.17, 15) is 4.79 Å². The molecule has 0 aliphatic heterocycles. The number of carboxylic acid groups (broad SMARTS) is 1. The molecule has 1 aliphatic carbocycles. The highest BCUT2D eigenvalue weighted by molar-refractivity contribution is 5.84. The van der Waals surface area contributed by atoms with Crippen LogP contribution in [-0.4, -0.2) is 34.2 Å². The first kappa shape index (κ1) is 14.3. The molecule has 0 bridgehead atoms. The number of carboxylic acids is 1. The number of rotatable bonds is 6. The highest BCUT2D eigenvalue weighted by Crippen LogP contribution is 2.32. The van der Waals surface area contributed by atoms with Gasteiger partial charge < -0.3 is 14.7 Å². The standard InChI is InChI=1S/C16H17N3O3/c1-22-13-6-2-11(3-7-13)10-19(12-4-5-12)15-9-17-14(8-18-15)16(20)21/h2-3,6-9,12H,4-5,10H2,1H3,(H,20,21). The third-order valence-electron chi connectivity index (χ3n) is 3.65. The molecule has 0 unspecified atom stereocenters. The SMILES string of the molecule is COc1ccc(CN(c2cnc(C(=O)O)cn2)C2CC2)cc1. The highest BCUT2D eigenvalue weighted by Gasteiger charge is 2.30. The second-order valence-corrected chi connectivity index (χ2v) is 5.27. The molecular formula is C16H17N3O3. The summed E-state index contributed by atoms with van der Waals surface area (Å²) in [6.45, 7) is 0.718. The average molecular weight is 299 g/mol. The van der Waals surface area contributed by atoms with E-state index in [0.29, 0.717) is 11.9 Å². The van der Waals surface area contributed by atoms with Gasteiger partial charge in [0.15, 0.2) is 5.69 Å². The van der Waals surface area contributed by atoms with Gasteiger partial charge in [0.2, 0.25) is 0 Å². The Kier molecular flexibility index (Phi) is 3.91. The quantitative estimate of drug-likeness (QED) is 0.882. The number of aromatic nitrogens is 2. The maximum absolute atomic E-state index is 10.9. The fourth-order valence-electron chi connectivity index (χ4n) is 2.29. The van der Waals surface area contributed by atoms with Crippen molar-refractivity contribution in [3.05, 3.63) is 47.9 Å². The summed E-state index contributed by atoms with van der Waals surface area (Å²) >= 11 is 0. The van der Waals surface area contributed by atoms with Crippen LogP contribution in [0.5, 0.6) is 5.75 Å². The van der Waals surface area contributed by atoms with Crippen molar-refractivity contribution in [2.45, 2.75) is 25.4 Å². The first-order valence-corrected chi connectivity index (χ1v) is 7.12. The van der Waals surface area contributed by atoms with E-state index < -0.39 is 5.97 Å². The van der Waals surface area contributed by atoms with Crippen molar-refractivity contribution in [1.29, 1.82) is 0 Å². The van der Waals surface area contributed by atoms with Crippen molar-refractivity contribution in [1.82, 2.24) is 9.97 Å². The lowest BCUT2D eigenvalue weighted by molar-refractivity contribution is 0.0690. The fourth-order valence-corrected chi connectivity index (χ4v) is 2.29. The summed E-state index contributed by atoms with van der Waals surface area (Å²) in [6, 6.07) is 8.35. The zero-order valence-electron chi connectivity index (χ0n) is 12.3. The van der Waals surface area contributed by atoms with Crippen LogP contribution in [0.3, 0.4) is 0 Å². The molecular weight excluding hydrogens is 282 g/mol. The molecule has 1 saturated carbocycles. The van der Waals surface area contributed by atoms with Crippen molar-refractivity contribution in [2.75, 3.05) is 12.0 Å². The van der Waals surface area contributed by atoms with Crippen molar-refractivity contribution in [3.8, 4) is 5.75 Å². The predicted molar refractivity (Wildman–Crippen MR) is 81.2 cm³/mol. The van der Waals surface area contributed by atoms with Crippen molar-refractivity contribution < 1.29 is 14.6 Å². The molecule has 0 atom stereocenters. The summed E-state index contributed by atoms with van der Waals surface area (Å²) in [5.41, 5.74) is 1.11. The number of hydrogen-bond acceptors (Lipinski definition) is 5. The Labute approximate surface area is 128 Å². The van der Waals surface area contributed by atoms with Gasteiger partial charge in [0.25, 0.3) is 0 Å². The van der Waals surface area contributed by atoms with Gasteiger partial charge in [-0.05, 0) is 30.5 Å². The molecule has 1 fully saturated rings. The molecule has 6 heteroatoms. The number of nitrogens with zero attached hydrogens (tertiary/aromatic N) is 3. The molecule has 22 heavy (non-hydrogen) atoms. The molecule has 3 rings (SSSR count). The number of aromatic carboxylic acids is 1. The summed E-state index contributed by atoms with van der Waals surface area (Å²) in [5.74, 6) is 0.475. The van der Waals surface area contributed by atoms with E-state index >= 15 is 0 Å². The molecule has 0 spiro atoms. The summed E-state index contributed by atoms with van der Waals surface area (Å²) < 4.78 is 5.16. The van der Waals surface area contributed by atoms with E-state index in [1.807, 2.05) is 24.3 Å². The van der Waals surface area contributed by atoms with Crippen LogP contribution in [0.4, 0.5) is 5.82 Å². The third kappa shape index (κ3) is 3.16. The fraction of sp³-hybridized carbons (Fsp3) is 0.312. The Morgan fingerprint density at radius 2 is 2.00 bits per heavy atom. The lowest BCUT2D eigenvalue weighted by Gasteiger charge is -2.23. The Bertz CT molecular complexity index is 651. The van der Waals surface area contributed by atoms with Crippen LogP contribution in [0, 0.1) is 0 Å². The van der Waals surface area contributed by atoms with Crippen molar-refractivity contribution in [2.24, 2.45) is 0 Å². The molecule has 1 aromatic heterocycles. The second kappa shape index (κ2) is 6.01. The third-order valence-corrected chi connectivity index (χ3v) is 3.65. The zero-order chi connectivity index (χ0) is 15.5. The molecule has 0 amide bonds. The molecule has 0 radical (unpaired) electrons. The molecule has 1 heterocycles. The van der Waals surface area contributed by atoms with Gasteiger partial charge in [-0.1, -0.05) is 12.1 Å². The average Bonchev–Trinajstić information content (AvgIpc) is 3.38. The van der Waals surface area contributed by atoms with Gasteiger partial charge in [-0.25, -0.2) is 14.8 Å². The number of anilines is 1. The monoisotopic (exact) mass is 299 g/mol.